The zero-order valence-electron chi connectivity index (χ0n) is 9.72. The number of likely N-dealkylation sites (tertiary alicyclic amines) is 1. The number of hydrogen-bond donors (Lipinski definition) is 1. The fraction of sp³-hybridized carbons (Fsp3) is 0.385. The highest BCUT2D eigenvalue weighted by molar-refractivity contribution is 6.03. The van der Waals surface area contributed by atoms with Crippen LogP contribution in [0.3, 0.4) is 0 Å². The molecule has 0 aliphatic carbocycles. The summed E-state index contributed by atoms with van der Waals surface area (Å²) in [5.74, 6) is -0.394. The first kappa shape index (κ1) is 11.8. The molecule has 1 aliphatic heterocycles. The molecule has 1 atom stereocenters. The first-order chi connectivity index (χ1) is 8.11. The smallest absolute Gasteiger partial charge is 0.232 e. The number of benzene rings is 1. The van der Waals surface area contributed by atoms with Gasteiger partial charge in [-0.1, -0.05) is 31.2 Å². The van der Waals surface area contributed by atoms with Crippen molar-refractivity contribution in [1.29, 1.82) is 0 Å². The van der Waals surface area contributed by atoms with Crippen molar-refractivity contribution in [3.8, 4) is 0 Å². The standard InChI is InChI=1S/C13H15NO3/c1-9-6-12(16)14(13(9)17)7-10-2-4-11(8-15)5-3-10/h2-5,9,15H,6-8H2,1H3. The van der Waals surface area contributed by atoms with Gasteiger partial charge in [0.2, 0.25) is 11.8 Å². The van der Waals surface area contributed by atoms with Crippen molar-refractivity contribution in [2.75, 3.05) is 0 Å². The number of aliphatic hydroxyl groups excluding tert-OH is 1. The zero-order chi connectivity index (χ0) is 12.4. The molecule has 1 heterocycles. The predicted molar refractivity (Wildman–Crippen MR) is 61.7 cm³/mol. The van der Waals surface area contributed by atoms with Crippen LogP contribution >= 0.6 is 0 Å². The maximum absolute atomic E-state index is 11.7. The van der Waals surface area contributed by atoms with Crippen LogP contribution in [0.5, 0.6) is 0 Å². The van der Waals surface area contributed by atoms with Gasteiger partial charge in [-0.2, -0.15) is 0 Å². The molecule has 90 valence electrons. The Morgan fingerprint density at radius 2 is 1.82 bits per heavy atom. The Hall–Kier alpha value is -1.68. The van der Waals surface area contributed by atoms with E-state index in [-0.39, 0.29) is 24.3 Å². The Bertz CT molecular complexity index is 438. The minimum absolute atomic E-state index is 0.00110. The molecule has 4 heteroatoms. The van der Waals surface area contributed by atoms with E-state index >= 15 is 0 Å². The molecular formula is C13H15NO3. The van der Waals surface area contributed by atoms with Crippen LogP contribution in [0.2, 0.25) is 0 Å². The third kappa shape index (κ3) is 2.36. The number of nitrogens with zero attached hydrogens (tertiary/aromatic N) is 1. The van der Waals surface area contributed by atoms with Crippen LogP contribution in [0.25, 0.3) is 0 Å². The first-order valence-electron chi connectivity index (χ1n) is 5.64. The highest BCUT2D eigenvalue weighted by atomic mass is 16.3. The van der Waals surface area contributed by atoms with E-state index in [0.29, 0.717) is 13.0 Å². The third-order valence-electron chi connectivity index (χ3n) is 3.02. The highest BCUT2D eigenvalue weighted by Crippen LogP contribution is 2.21. The van der Waals surface area contributed by atoms with Gasteiger partial charge in [0, 0.05) is 12.3 Å². The molecule has 0 radical (unpaired) electrons. The molecule has 1 N–H and O–H groups in total. The lowest BCUT2D eigenvalue weighted by Crippen LogP contribution is -2.29. The normalized spacial score (nSPS) is 20.1. The Morgan fingerprint density at radius 1 is 1.24 bits per heavy atom. The molecule has 0 saturated carbocycles. The largest absolute Gasteiger partial charge is 0.392 e. The number of imide groups is 1. The summed E-state index contributed by atoms with van der Waals surface area (Å²) in [4.78, 5) is 24.6. The van der Waals surface area contributed by atoms with E-state index in [1.165, 1.54) is 4.90 Å². The second-order valence-corrected chi connectivity index (χ2v) is 4.40. The fourth-order valence-corrected chi connectivity index (χ4v) is 1.95. The zero-order valence-corrected chi connectivity index (χ0v) is 9.72. The lowest BCUT2D eigenvalue weighted by molar-refractivity contribution is -0.139. The number of amides is 2. The average molecular weight is 233 g/mol. The van der Waals surface area contributed by atoms with Crippen molar-refractivity contribution in [3.05, 3.63) is 35.4 Å². The van der Waals surface area contributed by atoms with Gasteiger partial charge in [-0.3, -0.25) is 14.5 Å². The van der Waals surface area contributed by atoms with Crippen LogP contribution in [0.1, 0.15) is 24.5 Å². The van der Waals surface area contributed by atoms with Crippen LogP contribution in [0.15, 0.2) is 24.3 Å². The molecule has 0 bridgehead atoms. The van der Waals surface area contributed by atoms with E-state index in [1.54, 1.807) is 19.1 Å². The predicted octanol–water partition coefficient (Wildman–Crippen LogP) is 1.07. The van der Waals surface area contributed by atoms with E-state index in [0.717, 1.165) is 11.1 Å². The minimum atomic E-state index is -0.195. The Labute approximate surface area is 99.9 Å². The van der Waals surface area contributed by atoms with E-state index in [1.807, 2.05) is 12.1 Å². The molecule has 1 saturated heterocycles. The van der Waals surface area contributed by atoms with Gasteiger partial charge in [0.25, 0.3) is 0 Å². The first-order valence-corrected chi connectivity index (χ1v) is 5.64. The van der Waals surface area contributed by atoms with Crippen molar-refractivity contribution in [2.24, 2.45) is 5.92 Å². The van der Waals surface area contributed by atoms with Crippen LogP contribution in [0, 0.1) is 5.92 Å². The lowest BCUT2D eigenvalue weighted by atomic mass is 10.1. The van der Waals surface area contributed by atoms with Gasteiger partial charge in [-0.15, -0.1) is 0 Å². The van der Waals surface area contributed by atoms with Crippen LogP contribution < -0.4 is 0 Å². The third-order valence-corrected chi connectivity index (χ3v) is 3.02. The molecule has 0 aromatic heterocycles. The van der Waals surface area contributed by atoms with Crippen LogP contribution in [-0.2, 0) is 22.7 Å². The maximum atomic E-state index is 11.7. The summed E-state index contributed by atoms with van der Waals surface area (Å²) in [5.41, 5.74) is 1.72. The van der Waals surface area contributed by atoms with Crippen molar-refractivity contribution in [1.82, 2.24) is 4.90 Å². The minimum Gasteiger partial charge on any atom is -0.392 e. The van der Waals surface area contributed by atoms with Gasteiger partial charge >= 0.3 is 0 Å². The Kier molecular flexibility index (Phi) is 3.24. The summed E-state index contributed by atoms with van der Waals surface area (Å²) >= 11 is 0. The second kappa shape index (κ2) is 4.67. The summed E-state index contributed by atoms with van der Waals surface area (Å²) < 4.78 is 0. The van der Waals surface area contributed by atoms with Gasteiger partial charge in [0.15, 0.2) is 0 Å². The summed E-state index contributed by atoms with van der Waals surface area (Å²) in [6.45, 7) is 2.10. The molecular weight excluding hydrogens is 218 g/mol. The highest BCUT2D eigenvalue weighted by Gasteiger charge is 2.35. The van der Waals surface area contributed by atoms with E-state index < -0.39 is 0 Å². The second-order valence-electron chi connectivity index (χ2n) is 4.40. The summed E-state index contributed by atoms with van der Waals surface area (Å²) in [6, 6.07) is 7.25. The molecule has 1 fully saturated rings. The van der Waals surface area contributed by atoms with Crippen LogP contribution in [0.4, 0.5) is 0 Å². The summed E-state index contributed by atoms with van der Waals surface area (Å²) in [6.07, 6.45) is 0.313. The SMILES string of the molecule is CC1CC(=O)N(Cc2ccc(CO)cc2)C1=O. The Balaban J connectivity index is 2.10. The number of carbonyl (C=O) groups excluding carboxylic acids is 2. The van der Waals surface area contributed by atoms with E-state index in [2.05, 4.69) is 0 Å². The topological polar surface area (TPSA) is 57.6 Å². The lowest BCUT2D eigenvalue weighted by Gasteiger charge is -2.14. The average Bonchev–Trinajstić information content (AvgIpc) is 2.57. The quantitative estimate of drug-likeness (QED) is 0.795. The molecule has 1 aliphatic rings. The van der Waals surface area contributed by atoms with Gasteiger partial charge < -0.3 is 5.11 Å². The number of carbonyl (C=O) groups is 2. The summed E-state index contributed by atoms with van der Waals surface area (Å²) in [7, 11) is 0. The van der Waals surface area contributed by atoms with Gasteiger partial charge in [-0.05, 0) is 11.1 Å². The molecule has 0 spiro atoms. The monoisotopic (exact) mass is 233 g/mol. The molecule has 1 aromatic carbocycles. The molecule has 1 unspecified atom stereocenters. The molecule has 17 heavy (non-hydrogen) atoms. The number of hydrogen-bond acceptors (Lipinski definition) is 3. The molecule has 2 amide bonds. The van der Waals surface area contributed by atoms with Crippen LogP contribution in [-0.4, -0.2) is 21.8 Å². The Morgan fingerprint density at radius 3 is 2.29 bits per heavy atom. The van der Waals surface area contributed by atoms with Gasteiger partial charge in [0.05, 0.1) is 13.2 Å². The number of rotatable bonds is 3. The van der Waals surface area contributed by atoms with Crippen molar-refractivity contribution in [2.45, 2.75) is 26.5 Å². The van der Waals surface area contributed by atoms with Crippen molar-refractivity contribution < 1.29 is 14.7 Å². The number of aliphatic hydroxyl groups is 1. The fourth-order valence-electron chi connectivity index (χ4n) is 1.95. The van der Waals surface area contributed by atoms with Crippen molar-refractivity contribution >= 4 is 11.8 Å². The van der Waals surface area contributed by atoms with E-state index in [9.17, 15) is 9.59 Å². The molecule has 1 aromatic rings. The molecule has 2 rings (SSSR count). The summed E-state index contributed by atoms with van der Waals surface area (Å²) in [5, 5.41) is 8.91. The van der Waals surface area contributed by atoms with Gasteiger partial charge in [0.1, 0.15) is 0 Å². The van der Waals surface area contributed by atoms with Gasteiger partial charge in [-0.25, -0.2) is 0 Å². The van der Waals surface area contributed by atoms with E-state index in [4.69, 9.17) is 5.11 Å². The maximum Gasteiger partial charge on any atom is 0.232 e. The van der Waals surface area contributed by atoms with Crippen molar-refractivity contribution in [3.63, 3.8) is 0 Å². The molecule has 4 nitrogen and oxygen atoms in total.